The molecule has 0 saturated carbocycles. The average Bonchev–Trinajstić information content (AvgIpc) is 2.52. The smallest absolute Gasteiger partial charge is 0.224 e. The third-order valence-corrected chi connectivity index (χ3v) is 3.42. The highest BCUT2D eigenvalue weighted by Crippen LogP contribution is 2.24. The molecule has 1 heterocycles. The lowest BCUT2D eigenvalue weighted by molar-refractivity contribution is 0.357. The van der Waals surface area contributed by atoms with Gasteiger partial charge in [-0.3, -0.25) is 0 Å². The molecule has 2 rings (SSSR count). The van der Waals surface area contributed by atoms with Crippen molar-refractivity contribution in [2.45, 2.75) is 26.4 Å². The lowest BCUT2D eigenvalue weighted by atomic mass is 10.1. The first-order chi connectivity index (χ1) is 10.2. The molecule has 0 saturated heterocycles. The molecular formula is C16H21N3O2. The Balaban J connectivity index is 2.10. The van der Waals surface area contributed by atoms with Gasteiger partial charge in [0.2, 0.25) is 11.8 Å². The molecule has 0 spiro atoms. The van der Waals surface area contributed by atoms with Crippen molar-refractivity contribution in [3.63, 3.8) is 0 Å². The van der Waals surface area contributed by atoms with Crippen LogP contribution in [0.5, 0.6) is 11.8 Å². The summed E-state index contributed by atoms with van der Waals surface area (Å²) < 4.78 is 10.5. The summed E-state index contributed by atoms with van der Waals surface area (Å²) in [5.74, 6) is 1.07. The average molecular weight is 287 g/mol. The van der Waals surface area contributed by atoms with E-state index in [4.69, 9.17) is 9.47 Å². The van der Waals surface area contributed by atoms with Crippen LogP contribution in [-0.4, -0.2) is 24.2 Å². The summed E-state index contributed by atoms with van der Waals surface area (Å²) in [6.45, 7) is 4.77. The predicted molar refractivity (Wildman–Crippen MR) is 81.6 cm³/mol. The first-order valence-corrected chi connectivity index (χ1v) is 6.87. The minimum atomic E-state index is 0.209. The maximum atomic E-state index is 5.27. The quantitative estimate of drug-likeness (QED) is 0.885. The molecule has 0 radical (unpaired) electrons. The molecule has 5 nitrogen and oxygen atoms in total. The van der Waals surface area contributed by atoms with Crippen molar-refractivity contribution in [2.75, 3.05) is 14.2 Å². The molecule has 0 aliphatic heterocycles. The van der Waals surface area contributed by atoms with E-state index in [1.165, 1.54) is 17.5 Å². The highest BCUT2D eigenvalue weighted by atomic mass is 16.5. The monoisotopic (exact) mass is 287 g/mol. The second kappa shape index (κ2) is 7.04. The molecule has 1 aromatic carbocycles. The van der Waals surface area contributed by atoms with E-state index in [-0.39, 0.29) is 6.04 Å². The highest BCUT2D eigenvalue weighted by molar-refractivity contribution is 5.34. The summed E-state index contributed by atoms with van der Waals surface area (Å²) in [5, 5.41) is 3.44. The number of nitrogens with zero attached hydrogens (tertiary/aromatic N) is 2. The first-order valence-electron chi connectivity index (χ1n) is 6.87. The molecule has 0 bridgehead atoms. The second-order valence-corrected chi connectivity index (χ2v) is 4.88. The van der Waals surface area contributed by atoms with Crippen molar-refractivity contribution < 1.29 is 9.47 Å². The number of aryl methyl sites for hydroxylation is 1. The number of hydrogen-bond acceptors (Lipinski definition) is 5. The molecule has 2 aromatic rings. The number of nitrogens with one attached hydrogen (secondary N) is 1. The predicted octanol–water partition coefficient (Wildman–Crippen LogP) is 2.65. The number of benzene rings is 1. The molecule has 1 N–H and O–H groups in total. The van der Waals surface area contributed by atoms with Crippen LogP contribution >= 0.6 is 0 Å². The molecule has 0 aliphatic carbocycles. The number of hydrogen-bond donors (Lipinski definition) is 1. The third-order valence-electron chi connectivity index (χ3n) is 3.42. The molecule has 1 aromatic heterocycles. The fourth-order valence-corrected chi connectivity index (χ4v) is 2.11. The van der Waals surface area contributed by atoms with Crippen LogP contribution < -0.4 is 14.8 Å². The van der Waals surface area contributed by atoms with E-state index in [2.05, 4.69) is 53.4 Å². The summed E-state index contributed by atoms with van der Waals surface area (Å²) in [4.78, 5) is 8.23. The van der Waals surface area contributed by atoms with E-state index in [9.17, 15) is 0 Å². The maximum Gasteiger partial charge on any atom is 0.224 e. The summed E-state index contributed by atoms with van der Waals surface area (Å²) >= 11 is 0. The molecule has 5 heteroatoms. The Kier molecular flexibility index (Phi) is 5.11. The van der Waals surface area contributed by atoms with Gasteiger partial charge in [0.15, 0.2) is 0 Å². The van der Waals surface area contributed by atoms with Crippen LogP contribution in [0, 0.1) is 6.92 Å². The minimum Gasteiger partial charge on any atom is -0.481 e. The minimum absolute atomic E-state index is 0.209. The van der Waals surface area contributed by atoms with Crippen LogP contribution in [0.15, 0.2) is 30.6 Å². The Morgan fingerprint density at radius 2 is 1.62 bits per heavy atom. The van der Waals surface area contributed by atoms with Crippen LogP contribution in [0.2, 0.25) is 0 Å². The summed E-state index contributed by atoms with van der Waals surface area (Å²) in [7, 11) is 3.18. The summed E-state index contributed by atoms with van der Waals surface area (Å²) in [6, 6.07) is 8.69. The van der Waals surface area contributed by atoms with Crippen LogP contribution in [0.3, 0.4) is 0 Å². The second-order valence-electron chi connectivity index (χ2n) is 4.88. The van der Waals surface area contributed by atoms with Gasteiger partial charge in [0, 0.05) is 12.6 Å². The van der Waals surface area contributed by atoms with Crippen LogP contribution in [0.1, 0.15) is 29.7 Å². The fourth-order valence-electron chi connectivity index (χ4n) is 2.11. The van der Waals surface area contributed by atoms with E-state index < -0.39 is 0 Å². The Morgan fingerprint density at radius 3 is 2.14 bits per heavy atom. The summed E-state index contributed by atoms with van der Waals surface area (Å²) in [5.41, 5.74) is 3.31. The van der Waals surface area contributed by atoms with E-state index >= 15 is 0 Å². The van der Waals surface area contributed by atoms with Crippen molar-refractivity contribution in [1.82, 2.24) is 15.3 Å². The zero-order valence-corrected chi connectivity index (χ0v) is 12.9. The number of methoxy groups -OCH3 is 2. The molecule has 0 unspecified atom stereocenters. The van der Waals surface area contributed by atoms with E-state index in [0.29, 0.717) is 18.3 Å². The number of ether oxygens (including phenoxy) is 2. The van der Waals surface area contributed by atoms with Gasteiger partial charge in [0.1, 0.15) is 6.33 Å². The van der Waals surface area contributed by atoms with Gasteiger partial charge >= 0.3 is 0 Å². The van der Waals surface area contributed by atoms with Crippen molar-refractivity contribution in [3.05, 3.63) is 47.3 Å². The standard InChI is InChI=1S/C16H21N3O2/c1-11-5-7-13(8-6-11)12(2)17-9-14-15(20-3)18-10-19-16(14)21-4/h5-8,10,12,17H,9H2,1-4H3/t12-/m1/s1. The van der Waals surface area contributed by atoms with E-state index in [1.54, 1.807) is 14.2 Å². The van der Waals surface area contributed by atoms with Gasteiger partial charge in [-0.05, 0) is 19.4 Å². The normalized spacial score (nSPS) is 12.0. The van der Waals surface area contributed by atoms with E-state index in [0.717, 1.165) is 5.56 Å². The fraction of sp³-hybridized carbons (Fsp3) is 0.375. The van der Waals surface area contributed by atoms with E-state index in [1.807, 2.05) is 0 Å². The maximum absolute atomic E-state index is 5.27. The Hall–Kier alpha value is -2.14. The molecule has 21 heavy (non-hydrogen) atoms. The Labute approximate surface area is 125 Å². The molecule has 0 amide bonds. The van der Waals surface area contributed by atoms with Gasteiger partial charge in [-0.1, -0.05) is 29.8 Å². The SMILES string of the molecule is COc1ncnc(OC)c1CN[C@H](C)c1ccc(C)cc1. The third kappa shape index (κ3) is 3.70. The lowest BCUT2D eigenvalue weighted by Crippen LogP contribution is -2.19. The van der Waals surface area contributed by atoms with Gasteiger partial charge < -0.3 is 14.8 Å². The number of aromatic nitrogens is 2. The highest BCUT2D eigenvalue weighted by Gasteiger charge is 2.14. The van der Waals surface area contributed by atoms with Gasteiger partial charge in [0.05, 0.1) is 19.8 Å². The van der Waals surface area contributed by atoms with Gasteiger partial charge in [-0.2, -0.15) is 0 Å². The molecular weight excluding hydrogens is 266 g/mol. The number of rotatable bonds is 6. The molecule has 112 valence electrons. The van der Waals surface area contributed by atoms with Crippen LogP contribution in [0.4, 0.5) is 0 Å². The van der Waals surface area contributed by atoms with Crippen molar-refractivity contribution in [2.24, 2.45) is 0 Å². The molecule has 0 aliphatic rings. The zero-order valence-electron chi connectivity index (χ0n) is 12.9. The molecule has 1 atom stereocenters. The largest absolute Gasteiger partial charge is 0.481 e. The lowest BCUT2D eigenvalue weighted by Gasteiger charge is -2.16. The first kappa shape index (κ1) is 15.3. The van der Waals surface area contributed by atoms with Crippen LogP contribution in [-0.2, 0) is 6.54 Å². The van der Waals surface area contributed by atoms with Crippen molar-refractivity contribution in [1.29, 1.82) is 0 Å². The Morgan fingerprint density at radius 1 is 1.05 bits per heavy atom. The topological polar surface area (TPSA) is 56.3 Å². The van der Waals surface area contributed by atoms with Crippen LogP contribution in [0.25, 0.3) is 0 Å². The Bertz CT molecular complexity index is 562. The zero-order chi connectivity index (χ0) is 15.2. The van der Waals surface area contributed by atoms with Gasteiger partial charge in [0.25, 0.3) is 0 Å². The molecule has 0 fully saturated rings. The van der Waals surface area contributed by atoms with Gasteiger partial charge in [-0.25, -0.2) is 9.97 Å². The van der Waals surface area contributed by atoms with Crippen molar-refractivity contribution >= 4 is 0 Å². The van der Waals surface area contributed by atoms with Gasteiger partial charge in [-0.15, -0.1) is 0 Å². The van der Waals surface area contributed by atoms with Crippen molar-refractivity contribution in [3.8, 4) is 11.8 Å². The summed E-state index contributed by atoms with van der Waals surface area (Å²) in [6.07, 6.45) is 1.44.